The lowest BCUT2D eigenvalue weighted by Crippen LogP contribution is -2.30. The largest absolute Gasteiger partial charge is 0.363 e. The predicted molar refractivity (Wildman–Crippen MR) is 141 cm³/mol. The average molecular weight is 497 g/mol. The maximum Gasteiger partial charge on any atom is 0.278 e. The fourth-order valence-corrected chi connectivity index (χ4v) is 5.02. The van der Waals surface area contributed by atoms with Crippen molar-refractivity contribution in [1.29, 1.82) is 0 Å². The number of nitrogens with zero attached hydrogens (tertiary/aromatic N) is 3. The lowest BCUT2D eigenvalue weighted by Gasteiger charge is -2.29. The van der Waals surface area contributed by atoms with Gasteiger partial charge in [0.05, 0.1) is 17.1 Å². The van der Waals surface area contributed by atoms with Gasteiger partial charge >= 0.3 is 0 Å². The van der Waals surface area contributed by atoms with E-state index in [0.29, 0.717) is 11.6 Å². The Balaban J connectivity index is 1.81. The van der Waals surface area contributed by atoms with Crippen molar-refractivity contribution in [3.63, 3.8) is 0 Å². The van der Waals surface area contributed by atoms with Crippen molar-refractivity contribution in [3.8, 4) is 0 Å². The maximum absolute atomic E-state index is 15.4. The standard InChI is InChI=1S/C29H35F3N4/c1-15(2)29(31,32)22-12-10-11-20(26(22)30)17(5)33-27-21-13-25-23(14-24(21)34-19(7)35-27)28(8,9)18(6)36(25)16(3)4/h10-17H,6H2,1-5,7-9H3,(H,33,34,35)/t17-/m1/s1. The molecule has 4 nitrogen and oxygen atoms in total. The highest BCUT2D eigenvalue weighted by Crippen LogP contribution is 2.49. The minimum atomic E-state index is -3.27. The monoisotopic (exact) mass is 496 g/mol. The minimum Gasteiger partial charge on any atom is -0.363 e. The number of benzene rings is 2. The van der Waals surface area contributed by atoms with E-state index in [1.807, 2.05) is 0 Å². The van der Waals surface area contributed by atoms with Crippen molar-refractivity contribution in [2.24, 2.45) is 5.92 Å². The van der Waals surface area contributed by atoms with Crippen LogP contribution in [0.2, 0.25) is 0 Å². The zero-order valence-electron chi connectivity index (χ0n) is 22.3. The summed E-state index contributed by atoms with van der Waals surface area (Å²) in [5, 5.41) is 4.06. The van der Waals surface area contributed by atoms with Gasteiger partial charge in [-0.1, -0.05) is 52.5 Å². The number of alkyl halides is 2. The van der Waals surface area contributed by atoms with Crippen LogP contribution in [-0.4, -0.2) is 16.0 Å². The van der Waals surface area contributed by atoms with Gasteiger partial charge in [-0.3, -0.25) is 0 Å². The van der Waals surface area contributed by atoms with Crippen LogP contribution in [0.1, 0.15) is 77.0 Å². The third-order valence-electron chi connectivity index (χ3n) is 7.32. The fraction of sp³-hybridized carbons (Fsp3) is 0.448. The molecule has 0 aliphatic carbocycles. The fourth-order valence-electron chi connectivity index (χ4n) is 5.02. The number of hydrogen-bond acceptors (Lipinski definition) is 4. The highest BCUT2D eigenvalue weighted by molar-refractivity contribution is 5.95. The summed E-state index contributed by atoms with van der Waals surface area (Å²) < 4.78 is 44.8. The molecular formula is C29H35F3N4. The van der Waals surface area contributed by atoms with E-state index < -0.39 is 29.3 Å². The molecular weight excluding hydrogens is 461 g/mol. The van der Waals surface area contributed by atoms with E-state index in [-0.39, 0.29) is 17.0 Å². The van der Waals surface area contributed by atoms with Crippen molar-refractivity contribution in [2.45, 2.75) is 78.8 Å². The van der Waals surface area contributed by atoms with Gasteiger partial charge in [-0.15, -0.1) is 0 Å². The second-order valence-electron chi connectivity index (χ2n) is 10.9. The van der Waals surface area contributed by atoms with Crippen LogP contribution in [0, 0.1) is 18.7 Å². The molecule has 0 unspecified atom stereocenters. The molecule has 0 amide bonds. The topological polar surface area (TPSA) is 41.0 Å². The molecule has 1 N–H and O–H groups in total. The molecule has 1 aliphatic rings. The zero-order chi connectivity index (χ0) is 26.7. The third-order valence-corrected chi connectivity index (χ3v) is 7.32. The maximum atomic E-state index is 15.4. The smallest absolute Gasteiger partial charge is 0.278 e. The molecule has 36 heavy (non-hydrogen) atoms. The number of aryl methyl sites for hydroxylation is 1. The molecule has 0 spiro atoms. The van der Waals surface area contributed by atoms with Crippen LogP contribution in [0.4, 0.5) is 24.7 Å². The lowest BCUT2D eigenvalue weighted by molar-refractivity contribution is -0.0545. The van der Waals surface area contributed by atoms with E-state index >= 15 is 4.39 Å². The third kappa shape index (κ3) is 4.02. The molecule has 1 aliphatic heterocycles. The molecule has 0 saturated carbocycles. The summed E-state index contributed by atoms with van der Waals surface area (Å²) in [5.74, 6) is -4.09. The van der Waals surface area contributed by atoms with Crippen LogP contribution < -0.4 is 10.2 Å². The Hall–Kier alpha value is -3.09. The molecule has 0 saturated heterocycles. The molecule has 0 fully saturated rings. The van der Waals surface area contributed by atoms with E-state index in [0.717, 1.165) is 33.9 Å². The first-order valence-electron chi connectivity index (χ1n) is 12.4. The Morgan fingerprint density at radius 1 is 1.06 bits per heavy atom. The van der Waals surface area contributed by atoms with Gasteiger partial charge in [-0.2, -0.15) is 0 Å². The van der Waals surface area contributed by atoms with Crippen LogP contribution in [0.3, 0.4) is 0 Å². The van der Waals surface area contributed by atoms with Gasteiger partial charge in [0, 0.05) is 39.7 Å². The zero-order valence-corrected chi connectivity index (χ0v) is 22.3. The summed E-state index contributed by atoms with van der Waals surface area (Å²) >= 11 is 0. The van der Waals surface area contributed by atoms with E-state index in [1.165, 1.54) is 26.0 Å². The molecule has 0 radical (unpaired) electrons. The molecule has 2 aromatic carbocycles. The van der Waals surface area contributed by atoms with Gasteiger partial charge in [0.1, 0.15) is 17.5 Å². The number of nitrogens with one attached hydrogen (secondary N) is 1. The Bertz CT molecular complexity index is 1340. The summed E-state index contributed by atoms with van der Waals surface area (Å²) in [6.45, 7) is 19.2. The SMILES string of the molecule is C=C1N(C(C)C)c2cc3c(N[C@H](C)c4cccc(C(F)(F)C(C)C)c4F)nc(C)nc3cc2C1(C)C. The summed E-state index contributed by atoms with van der Waals surface area (Å²) in [7, 11) is 0. The number of anilines is 2. The van der Waals surface area contributed by atoms with Crippen molar-refractivity contribution in [1.82, 2.24) is 9.97 Å². The lowest BCUT2D eigenvalue weighted by atomic mass is 9.84. The number of hydrogen-bond donors (Lipinski definition) is 1. The Kier molecular flexibility index (Phi) is 6.34. The second kappa shape index (κ2) is 8.79. The molecule has 4 rings (SSSR count). The number of rotatable bonds is 6. The van der Waals surface area contributed by atoms with Crippen LogP contribution >= 0.6 is 0 Å². The first-order valence-corrected chi connectivity index (χ1v) is 12.4. The van der Waals surface area contributed by atoms with E-state index in [1.54, 1.807) is 13.8 Å². The Labute approximate surface area is 211 Å². The average Bonchev–Trinajstić information content (AvgIpc) is 2.97. The van der Waals surface area contributed by atoms with E-state index in [2.05, 4.69) is 66.6 Å². The molecule has 0 bridgehead atoms. The van der Waals surface area contributed by atoms with Crippen LogP contribution in [0.5, 0.6) is 0 Å². The molecule has 1 aromatic heterocycles. The van der Waals surface area contributed by atoms with E-state index in [9.17, 15) is 8.78 Å². The summed E-state index contributed by atoms with van der Waals surface area (Å²) in [6.07, 6.45) is 0. The second-order valence-corrected chi connectivity index (χ2v) is 10.9. The normalized spacial score (nSPS) is 16.2. The first kappa shape index (κ1) is 26.0. The molecule has 3 aromatic rings. The molecule has 1 atom stereocenters. The van der Waals surface area contributed by atoms with Gasteiger partial charge in [0.25, 0.3) is 5.92 Å². The number of halogens is 3. The van der Waals surface area contributed by atoms with Crippen LogP contribution in [-0.2, 0) is 11.3 Å². The molecule has 192 valence electrons. The van der Waals surface area contributed by atoms with Crippen LogP contribution in [0.25, 0.3) is 10.9 Å². The minimum absolute atomic E-state index is 0.164. The number of fused-ring (bicyclic) bond motifs is 2. The highest BCUT2D eigenvalue weighted by atomic mass is 19.3. The number of aromatic nitrogens is 2. The van der Waals surface area contributed by atoms with Crippen molar-refractivity contribution in [2.75, 3.05) is 10.2 Å². The van der Waals surface area contributed by atoms with Crippen molar-refractivity contribution < 1.29 is 13.2 Å². The van der Waals surface area contributed by atoms with Crippen molar-refractivity contribution in [3.05, 3.63) is 70.9 Å². The van der Waals surface area contributed by atoms with Crippen molar-refractivity contribution >= 4 is 22.4 Å². The van der Waals surface area contributed by atoms with Gasteiger partial charge in [0.2, 0.25) is 0 Å². The van der Waals surface area contributed by atoms with Gasteiger partial charge in [0.15, 0.2) is 0 Å². The predicted octanol–water partition coefficient (Wildman–Crippen LogP) is 8.02. The van der Waals surface area contributed by atoms with Crippen LogP contribution in [0.15, 0.2) is 42.6 Å². The first-order chi connectivity index (χ1) is 16.7. The quantitative estimate of drug-likeness (QED) is 0.375. The molecule has 2 heterocycles. The van der Waals surface area contributed by atoms with Gasteiger partial charge < -0.3 is 10.2 Å². The Morgan fingerprint density at radius 3 is 2.33 bits per heavy atom. The van der Waals surface area contributed by atoms with E-state index in [4.69, 9.17) is 0 Å². The Morgan fingerprint density at radius 2 is 1.72 bits per heavy atom. The highest BCUT2D eigenvalue weighted by Gasteiger charge is 2.41. The van der Waals surface area contributed by atoms with Gasteiger partial charge in [-0.05, 0) is 45.4 Å². The number of allylic oxidation sites excluding steroid dienone is 1. The summed E-state index contributed by atoms with van der Waals surface area (Å²) in [5.41, 5.74) is 3.29. The molecule has 7 heteroatoms. The van der Waals surface area contributed by atoms with Gasteiger partial charge in [-0.25, -0.2) is 23.1 Å². The summed E-state index contributed by atoms with van der Waals surface area (Å²) in [4.78, 5) is 11.5. The summed E-state index contributed by atoms with van der Waals surface area (Å²) in [6, 6.07) is 7.91.